The molecule has 0 saturated heterocycles. The van der Waals surface area contributed by atoms with Crippen LogP contribution >= 0.6 is 15.9 Å². The lowest BCUT2D eigenvalue weighted by atomic mass is 10.2. The molecule has 0 atom stereocenters. The highest BCUT2D eigenvalue weighted by molar-refractivity contribution is 9.10. The first-order valence-corrected chi connectivity index (χ1v) is 9.52. The molecule has 0 saturated carbocycles. The fraction of sp³-hybridized carbons (Fsp3) is 0.0769. The SMILES string of the molecule is Cc1ccc(S(=O)(=O)Oc2cccc(S(=O)(=O)O)c2Br)cc1. The molecule has 0 radical (unpaired) electrons. The lowest BCUT2D eigenvalue weighted by molar-refractivity contribution is 0.473. The van der Waals surface area contributed by atoms with Gasteiger partial charge >= 0.3 is 10.1 Å². The van der Waals surface area contributed by atoms with E-state index in [2.05, 4.69) is 15.9 Å². The molecule has 0 amide bonds. The quantitative estimate of drug-likeness (QED) is 0.618. The molecular formula is C13H11BrO6S2. The third kappa shape index (κ3) is 3.67. The minimum absolute atomic E-state index is 0.0674. The molecule has 0 aliphatic rings. The molecule has 0 fully saturated rings. The zero-order valence-electron chi connectivity index (χ0n) is 11.2. The van der Waals surface area contributed by atoms with Crippen LogP contribution < -0.4 is 4.18 Å². The van der Waals surface area contributed by atoms with E-state index in [4.69, 9.17) is 8.74 Å². The van der Waals surface area contributed by atoms with E-state index in [0.29, 0.717) is 0 Å². The molecule has 2 rings (SSSR count). The van der Waals surface area contributed by atoms with Crippen molar-refractivity contribution in [2.45, 2.75) is 16.7 Å². The summed E-state index contributed by atoms with van der Waals surface area (Å²) in [4.78, 5) is -0.550. The molecule has 0 bridgehead atoms. The summed E-state index contributed by atoms with van der Waals surface area (Å²) in [6, 6.07) is 9.62. The van der Waals surface area contributed by atoms with Crippen LogP contribution in [0.3, 0.4) is 0 Å². The predicted octanol–water partition coefficient (Wildman–Crippen LogP) is 2.77. The summed E-state index contributed by atoms with van der Waals surface area (Å²) in [7, 11) is -8.62. The van der Waals surface area contributed by atoms with Gasteiger partial charge in [0, 0.05) is 0 Å². The van der Waals surface area contributed by atoms with Crippen LogP contribution in [0.2, 0.25) is 0 Å². The molecule has 2 aromatic rings. The van der Waals surface area contributed by atoms with Gasteiger partial charge in [-0.05, 0) is 47.1 Å². The number of rotatable bonds is 4. The van der Waals surface area contributed by atoms with E-state index in [0.717, 1.165) is 11.6 Å². The summed E-state index contributed by atoms with van der Waals surface area (Å²) in [6.45, 7) is 1.81. The first-order chi connectivity index (χ1) is 10.1. The van der Waals surface area contributed by atoms with E-state index in [9.17, 15) is 16.8 Å². The third-order valence-corrected chi connectivity index (χ3v) is 5.94. The second-order valence-corrected chi connectivity index (χ2v) is 8.12. The first-order valence-electron chi connectivity index (χ1n) is 5.88. The number of hydrogen-bond acceptors (Lipinski definition) is 5. The molecule has 1 N–H and O–H groups in total. The summed E-state index contributed by atoms with van der Waals surface area (Å²) in [5.41, 5.74) is 0.883. The van der Waals surface area contributed by atoms with Gasteiger partial charge in [-0.3, -0.25) is 4.55 Å². The molecule has 0 unspecified atom stereocenters. The smallest absolute Gasteiger partial charge is 0.339 e. The summed E-state index contributed by atoms with van der Waals surface area (Å²) in [6.07, 6.45) is 0. The van der Waals surface area contributed by atoms with Gasteiger partial charge < -0.3 is 4.18 Å². The van der Waals surface area contributed by atoms with Gasteiger partial charge in [0.1, 0.15) is 9.79 Å². The Kier molecular flexibility index (Phi) is 4.62. The fourth-order valence-corrected chi connectivity index (χ4v) is 4.21. The van der Waals surface area contributed by atoms with Gasteiger partial charge in [-0.2, -0.15) is 16.8 Å². The number of hydrogen-bond donors (Lipinski definition) is 1. The molecule has 0 aliphatic heterocycles. The molecule has 0 heterocycles. The van der Waals surface area contributed by atoms with Crippen molar-refractivity contribution in [2.24, 2.45) is 0 Å². The highest BCUT2D eigenvalue weighted by Gasteiger charge is 2.22. The van der Waals surface area contributed by atoms with Crippen LogP contribution in [-0.4, -0.2) is 21.4 Å². The van der Waals surface area contributed by atoms with Gasteiger partial charge in [0.25, 0.3) is 10.1 Å². The monoisotopic (exact) mass is 406 g/mol. The van der Waals surface area contributed by atoms with E-state index in [1.807, 2.05) is 6.92 Å². The van der Waals surface area contributed by atoms with Crippen molar-refractivity contribution in [3.05, 3.63) is 52.5 Å². The number of benzene rings is 2. The van der Waals surface area contributed by atoms with Crippen LogP contribution in [0, 0.1) is 6.92 Å². The maximum atomic E-state index is 12.2. The Morgan fingerprint density at radius 1 is 1.00 bits per heavy atom. The third-order valence-electron chi connectivity index (χ3n) is 2.71. The Balaban J connectivity index is 2.45. The first kappa shape index (κ1) is 16.9. The highest BCUT2D eigenvalue weighted by Crippen LogP contribution is 2.33. The van der Waals surface area contributed by atoms with E-state index in [1.165, 1.54) is 24.3 Å². The Labute approximate surface area is 136 Å². The second-order valence-electron chi connectivity index (χ2n) is 4.39. The van der Waals surface area contributed by atoms with Crippen molar-refractivity contribution < 1.29 is 25.6 Å². The number of aryl methyl sites for hydroxylation is 1. The predicted molar refractivity (Wildman–Crippen MR) is 82.9 cm³/mol. The van der Waals surface area contributed by atoms with Gasteiger partial charge in [-0.25, -0.2) is 0 Å². The Morgan fingerprint density at radius 3 is 2.14 bits per heavy atom. The molecule has 0 aliphatic carbocycles. The van der Waals surface area contributed by atoms with Crippen LogP contribution in [0.1, 0.15) is 5.56 Å². The number of halogens is 1. The largest absolute Gasteiger partial charge is 0.378 e. The Bertz CT molecular complexity index is 902. The minimum atomic E-state index is -4.50. The zero-order valence-corrected chi connectivity index (χ0v) is 14.4. The van der Waals surface area contributed by atoms with Crippen LogP contribution in [0.5, 0.6) is 5.75 Å². The topological polar surface area (TPSA) is 97.7 Å². The molecule has 22 heavy (non-hydrogen) atoms. The normalized spacial score (nSPS) is 12.1. The lowest BCUT2D eigenvalue weighted by Gasteiger charge is -2.10. The van der Waals surface area contributed by atoms with Crippen LogP contribution in [0.15, 0.2) is 56.7 Å². The van der Waals surface area contributed by atoms with Gasteiger partial charge in [0.2, 0.25) is 0 Å². The highest BCUT2D eigenvalue weighted by atomic mass is 79.9. The average Bonchev–Trinajstić information content (AvgIpc) is 2.40. The Hall–Kier alpha value is -1.42. The molecular weight excluding hydrogens is 396 g/mol. The Morgan fingerprint density at radius 2 is 1.59 bits per heavy atom. The second kappa shape index (κ2) is 5.99. The molecule has 2 aromatic carbocycles. The molecule has 0 aromatic heterocycles. The van der Waals surface area contributed by atoms with Crippen LogP contribution in [0.4, 0.5) is 0 Å². The van der Waals surface area contributed by atoms with Crippen molar-refractivity contribution in [3.8, 4) is 5.75 Å². The molecule has 118 valence electrons. The molecule has 0 spiro atoms. The minimum Gasteiger partial charge on any atom is -0.378 e. The molecule has 6 nitrogen and oxygen atoms in total. The zero-order chi connectivity index (χ0) is 16.5. The summed E-state index contributed by atoms with van der Waals surface area (Å²) >= 11 is 2.93. The van der Waals surface area contributed by atoms with Crippen molar-refractivity contribution in [1.29, 1.82) is 0 Å². The summed E-state index contributed by atoms with van der Waals surface area (Å²) in [5.74, 6) is -0.240. The van der Waals surface area contributed by atoms with E-state index < -0.39 is 25.1 Å². The summed E-state index contributed by atoms with van der Waals surface area (Å²) in [5, 5.41) is 0. The van der Waals surface area contributed by atoms with Crippen molar-refractivity contribution in [1.82, 2.24) is 0 Å². The van der Waals surface area contributed by atoms with Crippen molar-refractivity contribution >= 4 is 36.2 Å². The summed E-state index contributed by atoms with van der Waals surface area (Å²) < 4.78 is 60.6. The maximum absolute atomic E-state index is 12.2. The van der Waals surface area contributed by atoms with Gasteiger partial charge in [0.05, 0.1) is 4.47 Å². The average molecular weight is 407 g/mol. The standard InChI is InChI=1S/C13H11BrO6S2/c1-9-5-7-10(8-6-9)22(18,19)20-11-3-2-4-12(13(11)14)21(15,16)17/h2-8H,1H3,(H,15,16,17). The van der Waals surface area contributed by atoms with E-state index >= 15 is 0 Å². The van der Waals surface area contributed by atoms with Gasteiger partial charge in [-0.15, -0.1) is 0 Å². The van der Waals surface area contributed by atoms with Crippen LogP contribution in [-0.2, 0) is 20.2 Å². The van der Waals surface area contributed by atoms with Crippen molar-refractivity contribution in [2.75, 3.05) is 0 Å². The molecule has 9 heteroatoms. The van der Waals surface area contributed by atoms with E-state index in [1.54, 1.807) is 12.1 Å². The van der Waals surface area contributed by atoms with Crippen molar-refractivity contribution in [3.63, 3.8) is 0 Å². The van der Waals surface area contributed by atoms with Gasteiger partial charge in [0.15, 0.2) is 5.75 Å². The van der Waals surface area contributed by atoms with Crippen LogP contribution in [0.25, 0.3) is 0 Å². The van der Waals surface area contributed by atoms with E-state index in [-0.39, 0.29) is 15.1 Å². The van der Waals surface area contributed by atoms with Gasteiger partial charge in [-0.1, -0.05) is 23.8 Å². The maximum Gasteiger partial charge on any atom is 0.339 e. The lowest BCUT2D eigenvalue weighted by Crippen LogP contribution is -2.11. The fourth-order valence-electron chi connectivity index (χ4n) is 1.63.